The number of hydrogen-bond donors (Lipinski definition) is 0. The maximum Gasteiger partial charge on any atom is 0.220 e. The lowest BCUT2D eigenvalue weighted by molar-refractivity contribution is -0.659. The van der Waals surface area contributed by atoms with Crippen LogP contribution in [0, 0.1) is 19.8 Å². The maximum atomic E-state index is 2.28. The lowest BCUT2D eigenvalue weighted by Crippen LogP contribution is -2.30. The second kappa shape index (κ2) is 6.16. The Bertz CT molecular complexity index is 859. The minimum Gasteiger partial charge on any atom is -0.200 e. The number of aromatic nitrogens is 1. The fourth-order valence-corrected chi connectivity index (χ4v) is 3.50. The fraction of sp³-hybridized carbons (Fsp3) is 0.318. The van der Waals surface area contributed by atoms with Crippen molar-refractivity contribution in [1.29, 1.82) is 0 Å². The van der Waals surface area contributed by atoms with Gasteiger partial charge in [-0.1, -0.05) is 43.7 Å². The van der Waals surface area contributed by atoms with E-state index in [1.54, 1.807) is 0 Å². The van der Waals surface area contributed by atoms with Crippen molar-refractivity contribution in [2.75, 3.05) is 0 Å². The molecule has 0 aliphatic heterocycles. The van der Waals surface area contributed by atoms with Crippen LogP contribution in [0.2, 0.25) is 0 Å². The van der Waals surface area contributed by atoms with E-state index in [1.165, 1.54) is 38.7 Å². The standard InChI is InChI=1S/C22H26N/c1-15(2)13-18-7-6-8-21-20(18)11-12-23(5)22(21)19-10-9-16(3)14-17(19)4/h6-12,14-15H,13H2,1-5H3/q+1. The zero-order valence-corrected chi connectivity index (χ0v) is 14.9. The molecule has 0 bridgehead atoms. The Labute approximate surface area is 139 Å². The van der Waals surface area contributed by atoms with Crippen LogP contribution in [-0.4, -0.2) is 0 Å². The van der Waals surface area contributed by atoms with E-state index in [4.69, 9.17) is 0 Å². The molecule has 2 aromatic carbocycles. The summed E-state index contributed by atoms with van der Waals surface area (Å²) >= 11 is 0. The molecule has 0 N–H and O–H groups in total. The van der Waals surface area contributed by atoms with Gasteiger partial charge in [0.15, 0.2) is 6.20 Å². The summed E-state index contributed by atoms with van der Waals surface area (Å²) in [6, 6.07) is 15.7. The maximum absolute atomic E-state index is 2.28. The van der Waals surface area contributed by atoms with Gasteiger partial charge in [0.25, 0.3) is 0 Å². The number of hydrogen-bond acceptors (Lipinski definition) is 0. The fourth-order valence-electron chi connectivity index (χ4n) is 3.50. The van der Waals surface area contributed by atoms with Crippen LogP contribution in [0.15, 0.2) is 48.7 Å². The van der Waals surface area contributed by atoms with Crippen LogP contribution in [0.3, 0.4) is 0 Å². The predicted molar refractivity (Wildman–Crippen MR) is 98.6 cm³/mol. The molecule has 0 radical (unpaired) electrons. The van der Waals surface area contributed by atoms with E-state index in [2.05, 4.69) is 88.0 Å². The van der Waals surface area contributed by atoms with E-state index < -0.39 is 0 Å². The zero-order chi connectivity index (χ0) is 16.6. The molecule has 0 saturated carbocycles. The molecule has 0 fully saturated rings. The molecular weight excluding hydrogens is 278 g/mol. The Morgan fingerprint density at radius 2 is 1.74 bits per heavy atom. The highest BCUT2D eigenvalue weighted by Crippen LogP contribution is 2.30. The Hall–Kier alpha value is -2.15. The molecular formula is C22H26N+. The monoisotopic (exact) mass is 304 g/mol. The molecule has 3 aromatic rings. The highest BCUT2D eigenvalue weighted by molar-refractivity contribution is 5.95. The van der Waals surface area contributed by atoms with Crippen molar-refractivity contribution < 1.29 is 4.57 Å². The molecule has 1 heteroatoms. The van der Waals surface area contributed by atoms with Crippen molar-refractivity contribution in [2.24, 2.45) is 13.0 Å². The van der Waals surface area contributed by atoms with Crippen LogP contribution in [0.5, 0.6) is 0 Å². The summed E-state index contributed by atoms with van der Waals surface area (Å²) in [6.07, 6.45) is 3.32. The SMILES string of the molecule is Cc1ccc(-c2c3cccc(CC(C)C)c3cc[n+]2C)c(C)c1. The summed E-state index contributed by atoms with van der Waals surface area (Å²) in [7, 11) is 2.14. The van der Waals surface area contributed by atoms with Gasteiger partial charge in [-0.3, -0.25) is 0 Å². The van der Waals surface area contributed by atoms with Crippen molar-refractivity contribution in [1.82, 2.24) is 0 Å². The number of pyridine rings is 1. The summed E-state index contributed by atoms with van der Waals surface area (Å²) in [5, 5.41) is 2.73. The Morgan fingerprint density at radius 1 is 0.957 bits per heavy atom. The lowest BCUT2D eigenvalue weighted by atomic mass is 9.93. The first-order valence-electron chi connectivity index (χ1n) is 8.45. The summed E-state index contributed by atoms with van der Waals surface area (Å²) in [4.78, 5) is 0. The van der Waals surface area contributed by atoms with E-state index >= 15 is 0 Å². The first kappa shape index (κ1) is 15.7. The van der Waals surface area contributed by atoms with Crippen LogP contribution < -0.4 is 4.57 Å². The van der Waals surface area contributed by atoms with E-state index in [0.717, 1.165) is 6.42 Å². The van der Waals surface area contributed by atoms with Crippen molar-refractivity contribution in [3.8, 4) is 11.3 Å². The smallest absolute Gasteiger partial charge is 0.200 e. The molecule has 0 spiro atoms. The first-order chi connectivity index (χ1) is 11.0. The van der Waals surface area contributed by atoms with Gasteiger partial charge >= 0.3 is 0 Å². The predicted octanol–water partition coefficient (Wildman–Crippen LogP) is 5.15. The Balaban J connectivity index is 2.30. The Morgan fingerprint density at radius 3 is 2.43 bits per heavy atom. The van der Waals surface area contributed by atoms with E-state index in [9.17, 15) is 0 Å². The molecule has 3 rings (SSSR count). The van der Waals surface area contributed by atoms with Gasteiger partial charge < -0.3 is 0 Å². The van der Waals surface area contributed by atoms with Gasteiger partial charge in [0.2, 0.25) is 5.69 Å². The zero-order valence-electron chi connectivity index (χ0n) is 14.9. The van der Waals surface area contributed by atoms with E-state index in [1.807, 2.05) is 0 Å². The largest absolute Gasteiger partial charge is 0.220 e. The second-order valence-corrected chi connectivity index (χ2v) is 7.07. The van der Waals surface area contributed by atoms with Gasteiger partial charge in [-0.05, 0) is 54.8 Å². The molecule has 0 aliphatic carbocycles. The van der Waals surface area contributed by atoms with Gasteiger partial charge in [0, 0.05) is 11.6 Å². The summed E-state index contributed by atoms with van der Waals surface area (Å²) < 4.78 is 2.25. The summed E-state index contributed by atoms with van der Waals surface area (Å²) in [6.45, 7) is 8.93. The first-order valence-corrected chi connectivity index (χ1v) is 8.45. The normalized spacial score (nSPS) is 11.4. The number of nitrogens with zero attached hydrogens (tertiary/aromatic N) is 1. The van der Waals surface area contributed by atoms with Crippen molar-refractivity contribution >= 4 is 10.8 Å². The minimum absolute atomic E-state index is 0.666. The van der Waals surface area contributed by atoms with Crippen LogP contribution in [0.4, 0.5) is 0 Å². The van der Waals surface area contributed by atoms with Crippen molar-refractivity contribution in [3.63, 3.8) is 0 Å². The van der Waals surface area contributed by atoms with Gasteiger partial charge in [-0.2, -0.15) is 0 Å². The topological polar surface area (TPSA) is 3.88 Å². The second-order valence-electron chi connectivity index (χ2n) is 7.07. The number of benzene rings is 2. The van der Waals surface area contributed by atoms with Gasteiger partial charge in [0.1, 0.15) is 7.05 Å². The van der Waals surface area contributed by atoms with E-state index in [0.29, 0.717) is 5.92 Å². The molecule has 0 amide bonds. The highest BCUT2D eigenvalue weighted by Gasteiger charge is 2.18. The molecule has 0 atom stereocenters. The van der Waals surface area contributed by atoms with Crippen molar-refractivity contribution in [3.05, 3.63) is 65.4 Å². The molecule has 1 nitrogen and oxygen atoms in total. The highest BCUT2D eigenvalue weighted by atomic mass is 14.9. The van der Waals surface area contributed by atoms with Crippen LogP contribution in [0.1, 0.15) is 30.5 Å². The number of rotatable bonds is 3. The van der Waals surface area contributed by atoms with Crippen LogP contribution >= 0.6 is 0 Å². The number of aryl methyl sites for hydroxylation is 3. The van der Waals surface area contributed by atoms with Crippen LogP contribution in [-0.2, 0) is 13.5 Å². The van der Waals surface area contributed by atoms with Gasteiger partial charge in [0.05, 0.1) is 5.39 Å². The number of fused-ring (bicyclic) bond motifs is 1. The minimum atomic E-state index is 0.666. The molecule has 1 heterocycles. The van der Waals surface area contributed by atoms with Gasteiger partial charge in [-0.15, -0.1) is 0 Å². The summed E-state index contributed by atoms with van der Waals surface area (Å²) in [5.74, 6) is 0.666. The molecule has 118 valence electrons. The van der Waals surface area contributed by atoms with Crippen LogP contribution in [0.25, 0.3) is 22.0 Å². The van der Waals surface area contributed by atoms with E-state index in [-0.39, 0.29) is 0 Å². The van der Waals surface area contributed by atoms with Crippen molar-refractivity contribution in [2.45, 2.75) is 34.1 Å². The molecule has 1 aromatic heterocycles. The average molecular weight is 304 g/mol. The van der Waals surface area contributed by atoms with Gasteiger partial charge in [-0.25, -0.2) is 4.57 Å². The summed E-state index contributed by atoms with van der Waals surface area (Å²) in [5.41, 5.74) is 6.73. The average Bonchev–Trinajstić information content (AvgIpc) is 2.48. The Kier molecular flexibility index (Phi) is 4.21. The third-order valence-corrected chi connectivity index (χ3v) is 4.53. The molecule has 0 unspecified atom stereocenters. The third kappa shape index (κ3) is 3.01. The molecule has 23 heavy (non-hydrogen) atoms. The molecule has 0 saturated heterocycles. The molecule has 0 aliphatic rings. The quantitative estimate of drug-likeness (QED) is 0.589. The lowest BCUT2D eigenvalue weighted by Gasteiger charge is -2.12. The third-order valence-electron chi connectivity index (χ3n) is 4.53.